The van der Waals surface area contributed by atoms with Gasteiger partial charge in [0, 0.05) is 11.8 Å². The summed E-state index contributed by atoms with van der Waals surface area (Å²) in [5, 5.41) is 0.442. The zero-order valence-corrected chi connectivity index (χ0v) is 10.7. The molecule has 1 aromatic carbocycles. The number of hydrogen-bond acceptors (Lipinski definition) is 3. The highest BCUT2D eigenvalue weighted by Gasteiger charge is 2.19. The molecule has 0 unspecified atom stereocenters. The minimum absolute atomic E-state index is 0.0507. The van der Waals surface area contributed by atoms with Gasteiger partial charge in [-0.3, -0.25) is 4.79 Å². The number of Topliss-reactive ketones (excluding diaryl/α,β-unsaturated/α-hetero) is 1. The quantitative estimate of drug-likeness (QED) is 0.598. The van der Waals surface area contributed by atoms with Gasteiger partial charge in [0.1, 0.15) is 17.1 Å². The minimum Gasteiger partial charge on any atom is -0.496 e. The van der Waals surface area contributed by atoms with Crippen molar-refractivity contribution in [1.82, 2.24) is 0 Å². The van der Waals surface area contributed by atoms with Crippen LogP contribution < -0.4 is 9.47 Å². The molecule has 17 heavy (non-hydrogen) atoms. The monoisotopic (exact) mass is 308 g/mol. The average molecular weight is 309 g/mol. The summed E-state index contributed by atoms with van der Waals surface area (Å²) in [6.07, 6.45) is 0.181. The second-order valence-corrected chi connectivity index (χ2v) is 3.87. The molecule has 0 heterocycles. The second kappa shape index (κ2) is 6.54. The molecule has 0 saturated carbocycles. The molecular formula is C11H11BrF2O3. The van der Waals surface area contributed by atoms with Crippen LogP contribution in [0.5, 0.6) is 11.5 Å². The van der Waals surface area contributed by atoms with Crippen molar-refractivity contribution in [2.75, 3.05) is 12.4 Å². The molecule has 0 N–H and O–H groups in total. The lowest BCUT2D eigenvalue weighted by atomic mass is 10.1. The minimum atomic E-state index is -2.97. The van der Waals surface area contributed by atoms with Crippen LogP contribution in [0.2, 0.25) is 0 Å². The molecule has 0 spiro atoms. The van der Waals surface area contributed by atoms with E-state index < -0.39 is 6.61 Å². The zero-order chi connectivity index (χ0) is 12.8. The highest BCUT2D eigenvalue weighted by molar-refractivity contribution is 9.09. The van der Waals surface area contributed by atoms with Crippen LogP contribution in [-0.4, -0.2) is 24.8 Å². The van der Waals surface area contributed by atoms with E-state index in [1.54, 1.807) is 0 Å². The summed E-state index contributed by atoms with van der Waals surface area (Å²) in [5.74, 6) is -0.241. The van der Waals surface area contributed by atoms with E-state index in [0.29, 0.717) is 5.33 Å². The van der Waals surface area contributed by atoms with Crippen molar-refractivity contribution in [3.8, 4) is 11.5 Å². The van der Waals surface area contributed by atoms with Crippen molar-refractivity contribution >= 4 is 21.7 Å². The highest BCUT2D eigenvalue weighted by atomic mass is 79.9. The number of benzene rings is 1. The Bertz CT molecular complexity index is 396. The Morgan fingerprint density at radius 2 is 2.06 bits per heavy atom. The summed E-state index contributed by atoms with van der Waals surface area (Å²) in [6.45, 7) is -2.97. The third kappa shape index (κ3) is 3.66. The number of ketones is 1. The maximum Gasteiger partial charge on any atom is 0.387 e. The average Bonchev–Trinajstić information content (AvgIpc) is 2.28. The zero-order valence-electron chi connectivity index (χ0n) is 9.08. The third-order valence-electron chi connectivity index (χ3n) is 2.02. The fourth-order valence-corrected chi connectivity index (χ4v) is 1.72. The molecule has 1 aromatic rings. The fourth-order valence-electron chi connectivity index (χ4n) is 1.36. The van der Waals surface area contributed by atoms with Crippen LogP contribution in [0, 0.1) is 0 Å². The summed E-state index contributed by atoms with van der Waals surface area (Å²) in [5.41, 5.74) is 0.0507. The van der Waals surface area contributed by atoms with E-state index in [2.05, 4.69) is 20.7 Å². The Morgan fingerprint density at radius 1 is 1.41 bits per heavy atom. The number of rotatable bonds is 6. The molecule has 0 bridgehead atoms. The van der Waals surface area contributed by atoms with Gasteiger partial charge in [-0.1, -0.05) is 22.0 Å². The van der Waals surface area contributed by atoms with E-state index >= 15 is 0 Å². The van der Waals surface area contributed by atoms with Gasteiger partial charge in [0.2, 0.25) is 0 Å². The van der Waals surface area contributed by atoms with Crippen molar-refractivity contribution in [1.29, 1.82) is 0 Å². The lowest BCUT2D eigenvalue weighted by molar-refractivity contribution is -0.0502. The molecule has 0 aliphatic heterocycles. The van der Waals surface area contributed by atoms with Gasteiger partial charge in [0.15, 0.2) is 5.78 Å². The Morgan fingerprint density at radius 3 is 2.59 bits per heavy atom. The predicted octanol–water partition coefficient (Wildman–Crippen LogP) is 3.26. The molecule has 3 nitrogen and oxygen atoms in total. The molecule has 0 saturated heterocycles. The molecular weight excluding hydrogens is 298 g/mol. The van der Waals surface area contributed by atoms with Gasteiger partial charge in [-0.2, -0.15) is 8.78 Å². The first-order chi connectivity index (χ1) is 8.10. The molecule has 6 heteroatoms. The van der Waals surface area contributed by atoms with Crippen LogP contribution in [0.15, 0.2) is 18.2 Å². The van der Waals surface area contributed by atoms with Gasteiger partial charge in [0.05, 0.1) is 7.11 Å². The van der Waals surface area contributed by atoms with E-state index in [4.69, 9.17) is 4.74 Å². The SMILES string of the molecule is COc1cccc(OC(F)F)c1C(=O)CCBr. The fraction of sp³-hybridized carbons (Fsp3) is 0.364. The molecule has 0 atom stereocenters. The largest absolute Gasteiger partial charge is 0.496 e. The van der Waals surface area contributed by atoms with Crippen molar-refractivity contribution in [3.05, 3.63) is 23.8 Å². The summed E-state index contributed by atoms with van der Waals surface area (Å²) in [4.78, 5) is 11.8. The Labute approximate surface area is 106 Å². The smallest absolute Gasteiger partial charge is 0.387 e. The molecule has 0 fully saturated rings. The van der Waals surface area contributed by atoms with E-state index in [1.807, 2.05) is 0 Å². The Hall–Kier alpha value is -1.17. The van der Waals surface area contributed by atoms with E-state index in [0.717, 1.165) is 0 Å². The first kappa shape index (κ1) is 13.9. The van der Waals surface area contributed by atoms with Crippen LogP contribution in [0.4, 0.5) is 8.78 Å². The van der Waals surface area contributed by atoms with Gasteiger partial charge < -0.3 is 9.47 Å². The number of methoxy groups -OCH3 is 1. The van der Waals surface area contributed by atoms with E-state index in [-0.39, 0.29) is 29.3 Å². The lowest BCUT2D eigenvalue weighted by Gasteiger charge is -2.12. The molecule has 0 aliphatic carbocycles. The van der Waals surface area contributed by atoms with Gasteiger partial charge in [-0.15, -0.1) is 0 Å². The lowest BCUT2D eigenvalue weighted by Crippen LogP contribution is -2.10. The first-order valence-electron chi connectivity index (χ1n) is 4.81. The van der Waals surface area contributed by atoms with Crippen LogP contribution in [-0.2, 0) is 0 Å². The Kier molecular flexibility index (Phi) is 5.34. The number of ether oxygens (including phenoxy) is 2. The van der Waals surface area contributed by atoms with Crippen molar-refractivity contribution in [3.63, 3.8) is 0 Å². The standard InChI is InChI=1S/C11H11BrF2O3/c1-16-8-3-2-4-9(17-11(13)14)10(8)7(15)5-6-12/h2-4,11H,5-6H2,1H3. The van der Waals surface area contributed by atoms with Crippen LogP contribution >= 0.6 is 15.9 Å². The van der Waals surface area contributed by atoms with E-state index in [9.17, 15) is 13.6 Å². The molecule has 0 amide bonds. The first-order valence-corrected chi connectivity index (χ1v) is 5.93. The van der Waals surface area contributed by atoms with Gasteiger partial charge in [0.25, 0.3) is 0 Å². The van der Waals surface area contributed by atoms with Crippen molar-refractivity contribution in [2.24, 2.45) is 0 Å². The summed E-state index contributed by atoms with van der Waals surface area (Å²) < 4.78 is 33.7. The maximum absolute atomic E-state index is 12.2. The molecule has 0 radical (unpaired) electrons. The van der Waals surface area contributed by atoms with Crippen molar-refractivity contribution < 1.29 is 23.0 Å². The third-order valence-corrected chi connectivity index (χ3v) is 2.42. The van der Waals surface area contributed by atoms with E-state index in [1.165, 1.54) is 25.3 Å². The maximum atomic E-state index is 12.2. The summed E-state index contributed by atoms with van der Waals surface area (Å²) in [7, 11) is 1.37. The van der Waals surface area contributed by atoms with Crippen LogP contribution in [0.1, 0.15) is 16.8 Å². The van der Waals surface area contributed by atoms with Gasteiger partial charge in [-0.05, 0) is 12.1 Å². The number of halogens is 3. The number of hydrogen-bond donors (Lipinski definition) is 0. The number of carbonyl (C=O) groups excluding carboxylic acids is 1. The number of carbonyl (C=O) groups is 1. The van der Waals surface area contributed by atoms with Gasteiger partial charge >= 0.3 is 6.61 Å². The topological polar surface area (TPSA) is 35.5 Å². The molecule has 94 valence electrons. The molecule has 0 aromatic heterocycles. The Balaban J connectivity index is 3.15. The van der Waals surface area contributed by atoms with Gasteiger partial charge in [-0.25, -0.2) is 0 Å². The summed E-state index contributed by atoms with van der Waals surface area (Å²) >= 11 is 3.12. The normalized spacial score (nSPS) is 10.4. The second-order valence-electron chi connectivity index (χ2n) is 3.07. The van der Waals surface area contributed by atoms with Crippen LogP contribution in [0.25, 0.3) is 0 Å². The van der Waals surface area contributed by atoms with Crippen LogP contribution in [0.3, 0.4) is 0 Å². The number of alkyl halides is 3. The van der Waals surface area contributed by atoms with Crippen molar-refractivity contribution in [2.45, 2.75) is 13.0 Å². The summed E-state index contributed by atoms with van der Waals surface area (Å²) in [6, 6.07) is 4.33. The highest BCUT2D eigenvalue weighted by Crippen LogP contribution is 2.30. The molecule has 1 rings (SSSR count). The molecule has 0 aliphatic rings. The predicted molar refractivity (Wildman–Crippen MR) is 62.4 cm³/mol.